The van der Waals surface area contributed by atoms with E-state index in [1.807, 2.05) is 0 Å². The van der Waals surface area contributed by atoms with Crippen LogP contribution in [0.15, 0.2) is 71.9 Å². The van der Waals surface area contributed by atoms with E-state index in [9.17, 15) is 14.4 Å². The van der Waals surface area contributed by atoms with Crippen molar-refractivity contribution in [1.29, 1.82) is 0 Å². The normalized spacial score (nSPS) is 10.3. The summed E-state index contributed by atoms with van der Waals surface area (Å²) in [7, 11) is 1.59. The second-order valence-corrected chi connectivity index (χ2v) is 5.94. The van der Waals surface area contributed by atoms with E-state index in [2.05, 4.69) is 15.6 Å². The number of hydrogen-bond acceptors (Lipinski definition) is 4. The summed E-state index contributed by atoms with van der Waals surface area (Å²) in [5.74, 6) is -0.493. The number of rotatable bonds is 5. The average molecular weight is 362 g/mol. The lowest BCUT2D eigenvalue weighted by atomic mass is 10.1. The molecule has 0 atom stereocenters. The Morgan fingerprint density at radius 3 is 2.26 bits per heavy atom. The fourth-order valence-electron chi connectivity index (χ4n) is 2.43. The summed E-state index contributed by atoms with van der Waals surface area (Å²) in [5, 5.41) is 5.57. The molecule has 0 aliphatic carbocycles. The van der Waals surface area contributed by atoms with Gasteiger partial charge in [-0.2, -0.15) is 0 Å². The number of aromatic nitrogens is 2. The van der Waals surface area contributed by atoms with Crippen molar-refractivity contribution in [3.8, 4) is 0 Å². The maximum Gasteiger partial charge on any atom is 0.255 e. The molecule has 27 heavy (non-hydrogen) atoms. The molecular formula is C20H18N4O3. The van der Waals surface area contributed by atoms with Crippen LogP contribution in [0.4, 0.5) is 5.69 Å². The minimum atomic E-state index is -0.273. The van der Waals surface area contributed by atoms with Gasteiger partial charge in [-0.3, -0.25) is 19.4 Å². The SMILES string of the molecule is Cn1cc(C(=O)NCc2ccc(C(=O)Nc3ccncc3)cc2)ccc1=O. The van der Waals surface area contributed by atoms with Gasteiger partial charge in [0.1, 0.15) is 0 Å². The lowest BCUT2D eigenvalue weighted by Gasteiger charge is -2.08. The molecule has 2 amide bonds. The van der Waals surface area contributed by atoms with Crippen LogP contribution in [-0.2, 0) is 13.6 Å². The van der Waals surface area contributed by atoms with Gasteiger partial charge in [0.25, 0.3) is 11.8 Å². The predicted octanol–water partition coefficient (Wildman–Crippen LogP) is 1.96. The van der Waals surface area contributed by atoms with Gasteiger partial charge in [0.05, 0.1) is 5.56 Å². The quantitative estimate of drug-likeness (QED) is 0.726. The molecule has 7 heteroatoms. The Hall–Kier alpha value is -3.74. The third-order valence-corrected chi connectivity index (χ3v) is 3.96. The molecular weight excluding hydrogens is 344 g/mol. The number of nitrogens with zero attached hydrogens (tertiary/aromatic N) is 2. The van der Waals surface area contributed by atoms with E-state index < -0.39 is 0 Å². The highest BCUT2D eigenvalue weighted by molar-refractivity contribution is 6.04. The number of carbonyl (C=O) groups is 2. The van der Waals surface area contributed by atoms with Crippen LogP contribution in [0.3, 0.4) is 0 Å². The lowest BCUT2D eigenvalue weighted by Crippen LogP contribution is -2.25. The monoisotopic (exact) mass is 362 g/mol. The molecule has 136 valence electrons. The number of benzene rings is 1. The molecule has 0 saturated carbocycles. The Morgan fingerprint density at radius 2 is 1.59 bits per heavy atom. The molecule has 0 bridgehead atoms. The zero-order valence-electron chi connectivity index (χ0n) is 14.7. The van der Waals surface area contributed by atoms with E-state index >= 15 is 0 Å². The van der Waals surface area contributed by atoms with Crippen molar-refractivity contribution in [1.82, 2.24) is 14.9 Å². The molecule has 2 heterocycles. The highest BCUT2D eigenvalue weighted by Gasteiger charge is 2.08. The Labute approximate surface area is 155 Å². The van der Waals surface area contributed by atoms with E-state index in [1.54, 1.807) is 55.8 Å². The van der Waals surface area contributed by atoms with Gasteiger partial charge in [-0.1, -0.05) is 12.1 Å². The van der Waals surface area contributed by atoms with Crippen LogP contribution in [0, 0.1) is 0 Å². The van der Waals surface area contributed by atoms with Gasteiger partial charge in [0.15, 0.2) is 0 Å². The highest BCUT2D eigenvalue weighted by Crippen LogP contribution is 2.09. The Bertz CT molecular complexity index is 1010. The maximum atomic E-state index is 12.2. The third-order valence-electron chi connectivity index (χ3n) is 3.96. The Morgan fingerprint density at radius 1 is 0.926 bits per heavy atom. The molecule has 0 aliphatic rings. The molecule has 0 saturated heterocycles. The van der Waals surface area contributed by atoms with Crippen LogP contribution in [-0.4, -0.2) is 21.4 Å². The van der Waals surface area contributed by atoms with Crippen molar-refractivity contribution < 1.29 is 9.59 Å². The molecule has 0 fully saturated rings. The summed E-state index contributed by atoms with van der Waals surface area (Å²) < 4.78 is 1.35. The first-order valence-electron chi connectivity index (χ1n) is 8.28. The highest BCUT2D eigenvalue weighted by atomic mass is 16.2. The first-order chi connectivity index (χ1) is 13.0. The summed E-state index contributed by atoms with van der Waals surface area (Å²) >= 11 is 0. The van der Waals surface area contributed by atoms with Gasteiger partial charge in [0.2, 0.25) is 5.56 Å². The van der Waals surface area contributed by atoms with Crippen LogP contribution in [0.2, 0.25) is 0 Å². The van der Waals surface area contributed by atoms with Crippen LogP contribution < -0.4 is 16.2 Å². The molecule has 0 unspecified atom stereocenters. The second-order valence-electron chi connectivity index (χ2n) is 5.94. The average Bonchev–Trinajstić information content (AvgIpc) is 2.69. The maximum absolute atomic E-state index is 12.2. The van der Waals surface area contributed by atoms with E-state index in [0.29, 0.717) is 23.4 Å². The van der Waals surface area contributed by atoms with Crippen LogP contribution >= 0.6 is 0 Å². The third kappa shape index (κ3) is 4.66. The topological polar surface area (TPSA) is 93.1 Å². The van der Waals surface area contributed by atoms with E-state index in [4.69, 9.17) is 0 Å². The number of pyridine rings is 2. The second kappa shape index (κ2) is 8.09. The molecule has 2 aromatic heterocycles. The van der Waals surface area contributed by atoms with Gasteiger partial charge in [-0.25, -0.2) is 0 Å². The molecule has 0 aliphatic heterocycles. The van der Waals surface area contributed by atoms with Gasteiger partial charge in [-0.15, -0.1) is 0 Å². The van der Waals surface area contributed by atoms with E-state index in [0.717, 1.165) is 5.56 Å². The number of hydrogen-bond donors (Lipinski definition) is 2. The minimum absolute atomic E-state index is 0.174. The fourth-order valence-corrected chi connectivity index (χ4v) is 2.43. The van der Waals surface area contributed by atoms with Crippen LogP contribution in [0.25, 0.3) is 0 Å². The predicted molar refractivity (Wildman–Crippen MR) is 101 cm³/mol. The van der Waals surface area contributed by atoms with Crippen molar-refractivity contribution >= 4 is 17.5 Å². The van der Waals surface area contributed by atoms with Gasteiger partial charge in [0, 0.05) is 49.5 Å². The van der Waals surface area contributed by atoms with E-state index in [-0.39, 0.29) is 17.4 Å². The molecule has 3 rings (SSSR count). The standard InChI is InChI=1S/C20H18N4O3/c1-24-13-16(6-7-18(24)25)19(26)22-12-14-2-4-15(5-3-14)20(27)23-17-8-10-21-11-9-17/h2-11,13H,12H2,1H3,(H,22,26)(H,21,23,27). The van der Waals surface area contributed by atoms with Gasteiger partial charge < -0.3 is 15.2 Å². The summed E-state index contributed by atoms with van der Waals surface area (Å²) in [4.78, 5) is 39.6. The number of nitrogens with one attached hydrogen (secondary N) is 2. The molecule has 0 radical (unpaired) electrons. The van der Waals surface area contributed by atoms with Gasteiger partial charge in [-0.05, 0) is 35.9 Å². The lowest BCUT2D eigenvalue weighted by molar-refractivity contribution is 0.0949. The number of aryl methyl sites for hydroxylation is 1. The minimum Gasteiger partial charge on any atom is -0.348 e. The zero-order chi connectivity index (χ0) is 19.2. The van der Waals surface area contributed by atoms with Crippen molar-refractivity contribution in [2.75, 3.05) is 5.32 Å². The summed E-state index contributed by atoms with van der Waals surface area (Å²) in [5.41, 5.74) is 2.27. The van der Waals surface area contributed by atoms with Crippen LogP contribution in [0.1, 0.15) is 26.3 Å². The number of amides is 2. The van der Waals surface area contributed by atoms with Crippen LogP contribution in [0.5, 0.6) is 0 Å². The largest absolute Gasteiger partial charge is 0.348 e. The molecule has 7 nitrogen and oxygen atoms in total. The van der Waals surface area contributed by atoms with Crippen molar-refractivity contribution in [3.05, 3.63) is 94.2 Å². The fraction of sp³-hybridized carbons (Fsp3) is 0.100. The smallest absolute Gasteiger partial charge is 0.255 e. The van der Waals surface area contributed by atoms with Crippen molar-refractivity contribution in [3.63, 3.8) is 0 Å². The van der Waals surface area contributed by atoms with Crippen molar-refractivity contribution in [2.24, 2.45) is 7.05 Å². The van der Waals surface area contributed by atoms with Gasteiger partial charge >= 0.3 is 0 Å². The molecule has 1 aromatic carbocycles. The first-order valence-corrected chi connectivity index (χ1v) is 8.28. The van der Waals surface area contributed by atoms with E-state index in [1.165, 1.54) is 22.9 Å². The number of carbonyl (C=O) groups excluding carboxylic acids is 2. The summed E-state index contributed by atoms with van der Waals surface area (Å²) in [6.07, 6.45) is 4.70. The zero-order valence-corrected chi connectivity index (χ0v) is 14.7. The molecule has 3 aromatic rings. The summed E-state index contributed by atoms with van der Waals surface area (Å²) in [6.45, 7) is 0.313. The molecule has 0 spiro atoms. The number of anilines is 1. The van der Waals surface area contributed by atoms with Crippen molar-refractivity contribution in [2.45, 2.75) is 6.54 Å². The summed E-state index contributed by atoms with van der Waals surface area (Å²) in [6, 6.07) is 13.2. The first kappa shape index (κ1) is 18.1. The molecule has 2 N–H and O–H groups in total. The Kier molecular flexibility index (Phi) is 5.41. The Balaban J connectivity index is 1.58.